The van der Waals surface area contributed by atoms with Crippen LogP contribution in [0.3, 0.4) is 0 Å². The van der Waals surface area contributed by atoms with Crippen molar-refractivity contribution in [3.63, 3.8) is 0 Å². The first kappa shape index (κ1) is 23.3. The summed E-state index contributed by atoms with van der Waals surface area (Å²) in [5.41, 5.74) is -0.876. The van der Waals surface area contributed by atoms with E-state index in [0.717, 1.165) is 12.8 Å². The lowest BCUT2D eigenvalue weighted by Gasteiger charge is -2.11. The number of hydrogen-bond acceptors (Lipinski definition) is 8. The second-order valence-electron chi connectivity index (χ2n) is 7.32. The Morgan fingerprint density at radius 2 is 1.42 bits per heavy atom. The zero-order valence-electron chi connectivity index (χ0n) is 17.8. The molecule has 0 radical (unpaired) electrons. The Morgan fingerprint density at radius 3 is 2.00 bits per heavy atom. The Kier molecular flexibility index (Phi) is 6.94. The lowest BCUT2D eigenvalue weighted by atomic mass is 10.1. The quantitative estimate of drug-likeness (QED) is 0.332. The van der Waals surface area contributed by atoms with Crippen LogP contribution in [0.5, 0.6) is 0 Å². The van der Waals surface area contributed by atoms with Gasteiger partial charge in [0, 0.05) is 31.4 Å². The van der Waals surface area contributed by atoms with Crippen LogP contribution in [0.2, 0.25) is 0 Å². The molecule has 11 heteroatoms. The summed E-state index contributed by atoms with van der Waals surface area (Å²) >= 11 is 0. The monoisotopic (exact) mass is 452 g/mol. The summed E-state index contributed by atoms with van der Waals surface area (Å²) in [7, 11) is 3.86. The SMILES string of the molecule is CN(C)CCn1ccc2c([N+](=O)[O-])cccc2c1=O.O=c1occc2c([N+](=O)[O-])cccc12. The third kappa shape index (κ3) is 5.10. The first-order valence-electron chi connectivity index (χ1n) is 9.77. The summed E-state index contributed by atoms with van der Waals surface area (Å²) in [4.78, 5) is 45.9. The van der Waals surface area contributed by atoms with Gasteiger partial charge < -0.3 is 13.9 Å². The van der Waals surface area contributed by atoms with E-state index >= 15 is 0 Å². The van der Waals surface area contributed by atoms with Crippen LogP contribution in [0, 0.1) is 20.2 Å². The third-order valence-corrected chi connectivity index (χ3v) is 4.89. The van der Waals surface area contributed by atoms with E-state index in [9.17, 15) is 29.8 Å². The molecule has 2 aromatic carbocycles. The summed E-state index contributed by atoms with van der Waals surface area (Å²) in [5.74, 6) is 0. The van der Waals surface area contributed by atoms with Crippen molar-refractivity contribution in [2.24, 2.45) is 0 Å². The number of nitro benzene ring substituents is 2. The molecule has 0 aliphatic heterocycles. The molecule has 0 aliphatic carbocycles. The molecule has 0 aliphatic rings. The second-order valence-corrected chi connectivity index (χ2v) is 7.32. The van der Waals surface area contributed by atoms with Gasteiger partial charge >= 0.3 is 5.63 Å². The summed E-state index contributed by atoms with van der Waals surface area (Å²) in [6.45, 7) is 1.30. The van der Waals surface area contributed by atoms with Gasteiger partial charge in [-0.15, -0.1) is 0 Å². The van der Waals surface area contributed by atoms with Gasteiger partial charge in [-0.05, 0) is 38.4 Å². The van der Waals surface area contributed by atoms with Crippen molar-refractivity contribution in [2.45, 2.75) is 6.54 Å². The zero-order valence-corrected chi connectivity index (χ0v) is 17.8. The molecule has 0 unspecified atom stereocenters. The number of nitrogens with zero attached hydrogens (tertiary/aromatic N) is 4. The minimum atomic E-state index is -0.564. The Bertz CT molecular complexity index is 1460. The average Bonchev–Trinajstić information content (AvgIpc) is 2.78. The van der Waals surface area contributed by atoms with Gasteiger partial charge in [0.15, 0.2) is 0 Å². The Labute approximate surface area is 186 Å². The number of benzene rings is 2. The Hall–Kier alpha value is -4.38. The van der Waals surface area contributed by atoms with Gasteiger partial charge in [0.1, 0.15) is 0 Å². The van der Waals surface area contributed by atoms with Gasteiger partial charge in [-0.1, -0.05) is 12.1 Å². The maximum Gasteiger partial charge on any atom is 0.343 e. The van der Waals surface area contributed by atoms with Crippen molar-refractivity contribution in [3.8, 4) is 0 Å². The van der Waals surface area contributed by atoms with Crippen LogP contribution >= 0.6 is 0 Å². The summed E-state index contributed by atoms with van der Waals surface area (Å²) in [6.07, 6.45) is 2.76. The van der Waals surface area contributed by atoms with Crippen molar-refractivity contribution in [1.82, 2.24) is 9.47 Å². The highest BCUT2D eigenvalue weighted by atomic mass is 16.6. The van der Waals surface area contributed by atoms with Gasteiger partial charge in [-0.25, -0.2) is 4.79 Å². The molecule has 4 rings (SSSR count). The van der Waals surface area contributed by atoms with E-state index in [1.807, 2.05) is 19.0 Å². The average molecular weight is 452 g/mol. The van der Waals surface area contributed by atoms with E-state index in [1.54, 1.807) is 22.9 Å². The third-order valence-electron chi connectivity index (χ3n) is 4.89. The highest BCUT2D eigenvalue weighted by Crippen LogP contribution is 2.23. The van der Waals surface area contributed by atoms with Crippen molar-refractivity contribution >= 4 is 32.9 Å². The van der Waals surface area contributed by atoms with Crippen LogP contribution in [0.4, 0.5) is 11.4 Å². The molecule has 0 amide bonds. The number of hydrogen-bond donors (Lipinski definition) is 0. The summed E-state index contributed by atoms with van der Waals surface area (Å²) in [6, 6.07) is 11.9. The largest absolute Gasteiger partial charge is 0.431 e. The lowest BCUT2D eigenvalue weighted by Crippen LogP contribution is -2.26. The fraction of sp³-hybridized carbons (Fsp3) is 0.182. The van der Waals surface area contributed by atoms with Crippen LogP contribution < -0.4 is 11.2 Å². The molecule has 170 valence electrons. The molecule has 11 nitrogen and oxygen atoms in total. The first-order chi connectivity index (χ1) is 15.7. The zero-order chi connectivity index (χ0) is 24.1. The fourth-order valence-corrected chi connectivity index (χ4v) is 3.24. The van der Waals surface area contributed by atoms with E-state index < -0.39 is 15.5 Å². The Morgan fingerprint density at radius 1 is 0.848 bits per heavy atom. The number of nitro groups is 2. The molecular weight excluding hydrogens is 432 g/mol. The topological polar surface area (TPSA) is 142 Å². The smallest absolute Gasteiger partial charge is 0.343 e. The lowest BCUT2D eigenvalue weighted by molar-refractivity contribution is -0.383. The number of fused-ring (bicyclic) bond motifs is 2. The van der Waals surface area contributed by atoms with E-state index in [0.29, 0.717) is 22.7 Å². The van der Waals surface area contributed by atoms with Crippen LogP contribution in [0.25, 0.3) is 21.5 Å². The van der Waals surface area contributed by atoms with Crippen LogP contribution in [0.15, 0.2) is 75.0 Å². The number of aromatic nitrogens is 1. The van der Waals surface area contributed by atoms with Crippen LogP contribution in [0.1, 0.15) is 0 Å². The molecule has 4 aromatic rings. The number of pyridine rings is 1. The van der Waals surface area contributed by atoms with Gasteiger partial charge in [0.2, 0.25) is 0 Å². The molecule has 0 atom stereocenters. The van der Waals surface area contributed by atoms with E-state index in [2.05, 4.69) is 4.42 Å². The number of rotatable bonds is 5. The molecule has 0 saturated heterocycles. The maximum atomic E-state index is 12.2. The summed E-state index contributed by atoms with van der Waals surface area (Å²) < 4.78 is 6.17. The minimum Gasteiger partial charge on any atom is -0.431 e. The molecule has 0 fully saturated rings. The maximum absolute atomic E-state index is 12.2. The molecule has 2 aromatic heterocycles. The molecule has 0 saturated carbocycles. The van der Waals surface area contributed by atoms with Gasteiger partial charge in [0.25, 0.3) is 16.9 Å². The first-order valence-corrected chi connectivity index (χ1v) is 9.77. The minimum absolute atomic E-state index is 0.0330. The predicted octanol–water partition coefficient (Wildman–Crippen LogP) is 3.17. The standard InChI is InChI=1S/C13H15N3O3.C9H5NO4/c1-14(2)8-9-15-7-6-10-11(13(15)17)4-3-5-12(10)16(18)19;11-9-7-2-1-3-8(10(12)13)6(7)4-5-14-9/h3-7H,8-9H2,1-2H3;1-5H. The van der Waals surface area contributed by atoms with Crippen molar-refractivity contribution in [1.29, 1.82) is 0 Å². The van der Waals surface area contributed by atoms with Crippen LogP contribution in [-0.2, 0) is 6.54 Å². The van der Waals surface area contributed by atoms with Crippen molar-refractivity contribution in [3.05, 3.63) is 102 Å². The molecule has 2 heterocycles. The van der Waals surface area contributed by atoms with Crippen molar-refractivity contribution in [2.75, 3.05) is 20.6 Å². The van der Waals surface area contributed by atoms with Gasteiger partial charge in [0.05, 0.1) is 37.7 Å². The molecule has 0 spiro atoms. The predicted molar refractivity (Wildman–Crippen MR) is 123 cm³/mol. The number of likely N-dealkylation sites (N-methyl/N-ethyl adjacent to an activating group) is 1. The fourth-order valence-electron chi connectivity index (χ4n) is 3.24. The summed E-state index contributed by atoms with van der Waals surface area (Å²) in [5, 5.41) is 22.8. The van der Waals surface area contributed by atoms with E-state index in [-0.39, 0.29) is 22.3 Å². The van der Waals surface area contributed by atoms with Gasteiger partial charge in [-0.2, -0.15) is 0 Å². The normalized spacial score (nSPS) is 10.8. The van der Waals surface area contributed by atoms with E-state index in [4.69, 9.17) is 0 Å². The molecule has 0 N–H and O–H groups in total. The highest BCUT2D eigenvalue weighted by Gasteiger charge is 2.14. The van der Waals surface area contributed by atoms with Crippen LogP contribution in [-0.4, -0.2) is 40.0 Å². The molecular formula is C22H20N4O7. The number of non-ortho nitro benzene ring substituents is 2. The Balaban J connectivity index is 0.000000194. The molecule has 0 bridgehead atoms. The molecule has 33 heavy (non-hydrogen) atoms. The van der Waals surface area contributed by atoms with Crippen molar-refractivity contribution < 1.29 is 14.3 Å². The van der Waals surface area contributed by atoms with Gasteiger partial charge in [-0.3, -0.25) is 25.0 Å². The highest BCUT2D eigenvalue weighted by molar-refractivity contribution is 5.90. The van der Waals surface area contributed by atoms with E-state index in [1.165, 1.54) is 36.4 Å². The second kappa shape index (κ2) is 9.83.